The highest BCUT2D eigenvalue weighted by Gasteiger charge is 2.27. The SMILES string of the molecule is COCc1cccc(C(=O)N2CCC[C@@H](c3nc(C)c(C)s3)C2)c1. The van der Waals surface area contributed by atoms with Crippen LogP contribution < -0.4 is 0 Å². The Morgan fingerprint density at radius 2 is 2.25 bits per heavy atom. The van der Waals surface area contributed by atoms with Gasteiger partial charge in [-0.2, -0.15) is 0 Å². The highest BCUT2D eigenvalue weighted by molar-refractivity contribution is 7.11. The van der Waals surface area contributed by atoms with Crippen LogP contribution in [0.1, 0.15) is 50.3 Å². The molecular formula is C19H24N2O2S. The average Bonchev–Trinajstić information content (AvgIpc) is 2.94. The van der Waals surface area contributed by atoms with Crippen LogP contribution in [0.5, 0.6) is 0 Å². The predicted molar refractivity (Wildman–Crippen MR) is 96.6 cm³/mol. The third-order valence-electron chi connectivity index (χ3n) is 4.59. The Morgan fingerprint density at radius 3 is 2.96 bits per heavy atom. The van der Waals surface area contributed by atoms with Crippen molar-refractivity contribution >= 4 is 17.2 Å². The summed E-state index contributed by atoms with van der Waals surface area (Å²) in [6.07, 6.45) is 2.14. The fraction of sp³-hybridized carbons (Fsp3) is 0.474. The zero-order valence-corrected chi connectivity index (χ0v) is 15.4. The molecule has 0 unspecified atom stereocenters. The number of ether oxygens (including phenoxy) is 1. The second-order valence-electron chi connectivity index (χ2n) is 6.42. The molecule has 3 rings (SSSR count). The summed E-state index contributed by atoms with van der Waals surface area (Å²) in [5.74, 6) is 0.477. The Kier molecular flexibility index (Phi) is 5.31. The van der Waals surface area contributed by atoms with Crippen molar-refractivity contribution in [2.45, 2.75) is 39.2 Å². The Hall–Kier alpha value is -1.72. The van der Waals surface area contributed by atoms with Gasteiger partial charge in [-0.05, 0) is 44.4 Å². The normalized spacial score (nSPS) is 18.0. The van der Waals surface area contributed by atoms with Gasteiger partial charge in [-0.25, -0.2) is 4.98 Å². The summed E-state index contributed by atoms with van der Waals surface area (Å²) in [5, 5.41) is 1.18. The minimum absolute atomic E-state index is 0.114. The standard InChI is InChI=1S/C19H24N2O2S/c1-13-14(2)24-18(20-13)17-8-5-9-21(11-17)19(22)16-7-4-6-15(10-16)12-23-3/h4,6-7,10,17H,5,8-9,11-12H2,1-3H3/t17-/m1/s1. The summed E-state index contributed by atoms with van der Waals surface area (Å²) in [4.78, 5) is 20.8. The number of nitrogens with zero attached hydrogens (tertiary/aromatic N) is 2. The monoisotopic (exact) mass is 344 g/mol. The zero-order valence-electron chi connectivity index (χ0n) is 14.5. The van der Waals surface area contributed by atoms with E-state index in [9.17, 15) is 4.79 Å². The van der Waals surface area contributed by atoms with Crippen LogP contribution in [0.4, 0.5) is 0 Å². The topological polar surface area (TPSA) is 42.4 Å². The van der Waals surface area contributed by atoms with Crippen LogP contribution in [0.2, 0.25) is 0 Å². The largest absolute Gasteiger partial charge is 0.380 e. The number of piperidine rings is 1. The summed E-state index contributed by atoms with van der Waals surface area (Å²) in [5.41, 5.74) is 2.89. The summed E-state index contributed by atoms with van der Waals surface area (Å²) in [7, 11) is 1.67. The molecule has 0 bridgehead atoms. The van der Waals surface area contributed by atoms with Gasteiger partial charge in [0.25, 0.3) is 5.91 Å². The van der Waals surface area contributed by atoms with Crippen molar-refractivity contribution in [1.29, 1.82) is 0 Å². The minimum Gasteiger partial charge on any atom is -0.380 e. The van der Waals surface area contributed by atoms with Gasteiger partial charge < -0.3 is 9.64 Å². The van der Waals surface area contributed by atoms with E-state index in [1.165, 1.54) is 9.88 Å². The van der Waals surface area contributed by atoms with E-state index < -0.39 is 0 Å². The van der Waals surface area contributed by atoms with Crippen LogP contribution in [0.15, 0.2) is 24.3 Å². The lowest BCUT2D eigenvalue weighted by Crippen LogP contribution is -2.39. The summed E-state index contributed by atoms with van der Waals surface area (Å²) in [6, 6.07) is 7.74. The van der Waals surface area contributed by atoms with Gasteiger partial charge in [-0.1, -0.05) is 12.1 Å². The molecule has 1 saturated heterocycles. The fourth-order valence-corrected chi connectivity index (χ4v) is 4.23. The van der Waals surface area contributed by atoms with Gasteiger partial charge in [0.05, 0.1) is 17.3 Å². The van der Waals surface area contributed by atoms with Gasteiger partial charge in [-0.3, -0.25) is 4.79 Å². The highest BCUT2D eigenvalue weighted by Crippen LogP contribution is 2.31. The lowest BCUT2D eigenvalue weighted by molar-refractivity contribution is 0.0706. The van der Waals surface area contributed by atoms with Crippen molar-refractivity contribution in [3.63, 3.8) is 0 Å². The Morgan fingerprint density at radius 1 is 1.42 bits per heavy atom. The first-order valence-electron chi connectivity index (χ1n) is 8.39. The van der Waals surface area contributed by atoms with Gasteiger partial charge in [-0.15, -0.1) is 11.3 Å². The number of methoxy groups -OCH3 is 1. The molecule has 128 valence electrons. The van der Waals surface area contributed by atoms with Crippen molar-refractivity contribution in [1.82, 2.24) is 9.88 Å². The van der Waals surface area contributed by atoms with E-state index in [4.69, 9.17) is 9.72 Å². The first-order valence-corrected chi connectivity index (χ1v) is 9.21. The third-order valence-corrected chi connectivity index (χ3v) is 5.82. The molecule has 2 heterocycles. The lowest BCUT2D eigenvalue weighted by atomic mass is 9.97. The van der Waals surface area contributed by atoms with Crippen LogP contribution in [0.3, 0.4) is 0 Å². The minimum atomic E-state index is 0.114. The number of aryl methyl sites for hydroxylation is 2. The Labute approximate surface area is 147 Å². The Bertz CT molecular complexity index is 706. The van der Waals surface area contributed by atoms with Crippen LogP contribution in [0.25, 0.3) is 0 Å². The molecule has 2 aromatic rings. The number of thiazole rings is 1. The molecule has 1 aromatic heterocycles. The zero-order chi connectivity index (χ0) is 17.1. The maximum Gasteiger partial charge on any atom is 0.253 e. The van der Waals surface area contributed by atoms with E-state index >= 15 is 0 Å². The van der Waals surface area contributed by atoms with E-state index in [0.717, 1.165) is 42.8 Å². The molecule has 0 spiro atoms. The molecule has 0 N–H and O–H groups in total. The summed E-state index contributed by atoms with van der Waals surface area (Å²) < 4.78 is 5.16. The highest BCUT2D eigenvalue weighted by atomic mass is 32.1. The number of likely N-dealkylation sites (tertiary alicyclic amines) is 1. The number of aromatic nitrogens is 1. The third kappa shape index (κ3) is 3.68. The van der Waals surface area contributed by atoms with Crippen LogP contribution in [-0.2, 0) is 11.3 Å². The second-order valence-corrected chi connectivity index (χ2v) is 7.65. The van der Waals surface area contributed by atoms with Crippen molar-refractivity contribution in [3.8, 4) is 0 Å². The van der Waals surface area contributed by atoms with Gasteiger partial charge in [0.1, 0.15) is 0 Å². The van der Waals surface area contributed by atoms with E-state index in [0.29, 0.717) is 12.5 Å². The molecule has 0 aliphatic carbocycles. The van der Waals surface area contributed by atoms with E-state index in [1.807, 2.05) is 29.2 Å². The maximum absolute atomic E-state index is 12.9. The van der Waals surface area contributed by atoms with Gasteiger partial charge in [0.2, 0.25) is 0 Å². The summed E-state index contributed by atoms with van der Waals surface area (Å²) in [6.45, 7) is 6.29. The first-order chi connectivity index (χ1) is 11.6. The number of benzene rings is 1. The molecule has 1 amide bonds. The molecule has 1 aliphatic rings. The molecule has 24 heavy (non-hydrogen) atoms. The van der Waals surface area contributed by atoms with Crippen molar-refractivity contribution in [2.24, 2.45) is 0 Å². The molecule has 1 aliphatic heterocycles. The first kappa shape index (κ1) is 17.1. The summed E-state index contributed by atoms with van der Waals surface area (Å²) >= 11 is 1.77. The molecule has 5 heteroatoms. The van der Waals surface area contributed by atoms with Crippen molar-refractivity contribution in [3.05, 3.63) is 51.0 Å². The number of hydrogen-bond donors (Lipinski definition) is 0. The quantitative estimate of drug-likeness (QED) is 0.844. The number of hydrogen-bond acceptors (Lipinski definition) is 4. The van der Waals surface area contributed by atoms with E-state index in [2.05, 4.69) is 13.8 Å². The molecule has 0 saturated carbocycles. The second kappa shape index (κ2) is 7.45. The van der Waals surface area contributed by atoms with Gasteiger partial charge in [0, 0.05) is 36.6 Å². The Balaban J connectivity index is 1.74. The molecular weight excluding hydrogens is 320 g/mol. The maximum atomic E-state index is 12.9. The van der Waals surface area contributed by atoms with Crippen LogP contribution >= 0.6 is 11.3 Å². The van der Waals surface area contributed by atoms with Gasteiger partial charge in [0.15, 0.2) is 0 Å². The molecule has 0 radical (unpaired) electrons. The van der Waals surface area contributed by atoms with Gasteiger partial charge >= 0.3 is 0 Å². The van der Waals surface area contributed by atoms with E-state index in [-0.39, 0.29) is 5.91 Å². The smallest absolute Gasteiger partial charge is 0.253 e. The number of carbonyl (C=O) groups excluding carboxylic acids is 1. The van der Waals surface area contributed by atoms with Crippen LogP contribution in [0, 0.1) is 13.8 Å². The fourth-order valence-electron chi connectivity index (χ4n) is 3.18. The van der Waals surface area contributed by atoms with Crippen molar-refractivity contribution in [2.75, 3.05) is 20.2 Å². The molecule has 4 nitrogen and oxygen atoms in total. The number of rotatable bonds is 4. The van der Waals surface area contributed by atoms with E-state index in [1.54, 1.807) is 18.4 Å². The molecule has 1 fully saturated rings. The number of carbonyl (C=O) groups is 1. The van der Waals surface area contributed by atoms with Crippen LogP contribution in [-0.4, -0.2) is 36.0 Å². The molecule has 1 atom stereocenters. The molecule has 1 aromatic carbocycles. The average molecular weight is 344 g/mol. The number of amides is 1. The van der Waals surface area contributed by atoms with Crippen molar-refractivity contribution < 1.29 is 9.53 Å². The predicted octanol–water partition coefficient (Wildman–Crippen LogP) is 3.93. The lowest BCUT2D eigenvalue weighted by Gasteiger charge is -2.32.